The van der Waals surface area contributed by atoms with E-state index in [1.807, 2.05) is 9.80 Å². The van der Waals surface area contributed by atoms with Crippen LogP contribution in [0.1, 0.15) is 44.0 Å². The Bertz CT molecular complexity index is 737. The first kappa shape index (κ1) is 22.7. The van der Waals surface area contributed by atoms with Gasteiger partial charge in [-0.2, -0.15) is 0 Å². The molecule has 1 amide bonds. The number of ketones is 1. The maximum absolute atomic E-state index is 14.4. The van der Waals surface area contributed by atoms with E-state index < -0.39 is 0 Å². The Morgan fingerprint density at radius 1 is 0.967 bits per heavy atom. The summed E-state index contributed by atoms with van der Waals surface area (Å²) in [4.78, 5) is 32.8. The Kier molecular flexibility index (Phi) is 7.83. The van der Waals surface area contributed by atoms with Gasteiger partial charge in [-0.15, -0.1) is 0 Å². The van der Waals surface area contributed by atoms with E-state index in [1.54, 1.807) is 12.1 Å². The second-order valence-electron chi connectivity index (χ2n) is 8.37. The number of hydrogen-bond acceptors (Lipinski definition) is 5. The highest BCUT2D eigenvalue weighted by Gasteiger charge is 2.27. The van der Waals surface area contributed by atoms with Crippen LogP contribution in [0.4, 0.5) is 10.1 Å². The topological polar surface area (TPSA) is 47.1 Å². The Morgan fingerprint density at radius 2 is 1.60 bits per heavy atom. The van der Waals surface area contributed by atoms with Crippen molar-refractivity contribution in [3.05, 3.63) is 29.6 Å². The summed E-state index contributed by atoms with van der Waals surface area (Å²) in [6, 6.07) is 5.30. The molecule has 0 bridgehead atoms. The summed E-state index contributed by atoms with van der Waals surface area (Å²) in [7, 11) is 0. The lowest BCUT2D eigenvalue weighted by molar-refractivity contribution is -0.134. The molecule has 3 rings (SSSR count). The first-order chi connectivity index (χ1) is 14.4. The van der Waals surface area contributed by atoms with E-state index >= 15 is 0 Å². The second-order valence-corrected chi connectivity index (χ2v) is 8.37. The number of carbonyl (C=O) groups excluding carboxylic acids is 2. The molecule has 2 aliphatic rings. The Hall–Kier alpha value is -1.99. The van der Waals surface area contributed by atoms with Crippen LogP contribution in [0.3, 0.4) is 0 Å². The number of anilines is 1. The Labute approximate surface area is 179 Å². The quantitative estimate of drug-likeness (QED) is 0.637. The van der Waals surface area contributed by atoms with Crippen LogP contribution >= 0.6 is 0 Å². The molecule has 30 heavy (non-hydrogen) atoms. The van der Waals surface area contributed by atoms with Gasteiger partial charge in [0.1, 0.15) is 5.82 Å². The molecule has 2 saturated heterocycles. The molecule has 0 saturated carbocycles. The molecule has 2 heterocycles. The number of hydrogen-bond donors (Lipinski definition) is 0. The summed E-state index contributed by atoms with van der Waals surface area (Å²) >= 11 is 0. The van der Waals surface area contributed by atoms with Gasteiger partial charge in [-0.1, -0.05) is 13.8 Å². The Morgan fingerprint density at radius 3 is 2.13 bits per heavy atom. The van der Waals surface area contributed by atoms with Crippen LogP contribution in [0.2, 0.25) is 0 Å². The van der Waals surface area contributed by atoms with E-state index in [2.05, 4.69) is 23.6 Å². The maximum atomic E-state index is 14.4. The van der Waals surface area contributed by atoms with Gasteiger partial charge < -0.3 is 9.80 Å². The SMILES string of the molecule is CCC(CC)N1CCN(C(=O)CN2CCN(c3ccc(C(C)=O)cc3F)CC2)CC1. The molecule has 0 aromatic heterocycles. The molecule has 7 heteroatoms. The molecule has 0 aliphatic carbocycles. The van der Waals surface area contributed by atoms with Crippen molar-refractivity contribution in [1.29, 1.82) is 0 Å². The molecular formula is C23H35FN4O2. The van der Waals surface area contributed by atoms with E-state index in [-0.39, 0.29) is 17.5 Å². The third kappa shape index (κ3) is 5.38. The number of Topliss-reactive ketones (excluding diaryl/α,β-unsaturated/α-hetero) is 1. The average molecular weight is 419 g/mol. The fourth-order valence-electron chi connectivity index (χ4n) is 4.56. The largest absolute Gasteiger partial charge is 0.367 e. The van der Waals surface area contributed by atoms with Gasteiger partial charge in [0.25, 0.3) is 0 Å². The van der Waals surface area contributed by atoms with Gasteiger partial charge in [0, 0.05) is 64.0 Å². The lowest BCUT2D eigenvalue weighted by atomic mass is 10.1. The number of benzene rings is 1. The predicted octanol–water partition coefficient (Wildman–Crippen LogP) is 2.48. The van der Waals surface area contributed by atoms with Gasteiger partial charge in [-0.05, 0) is 38.0 Å². The van der Waals surface area contributed by atoms with Crippen LogP contribution in [0.15, 0.2) is 18.2 Å². The summed E-state index contributed by atoms with van der Waals surface area (Å²) in [6.07, 6.45) is 2.32. The zero-order valence-electron chi connectivity index (χ0n) is 18.6. The van der Waals surface area contributed by atoms with Crippen molar-refractivity contribution in [3.63, 3.8) is 0 Å². The highest BCUT2D eigenvalue weighted by molar-refractivity contribution is 5.94. The summed E-state index contributed by atoms with van der Waals surface area (Å²) in [5.41, 5.74) is 0.924. The summed E-state index contributed by atoms with van der Waals surface area (Å²) in [5, 5.41) is 0. The monoisotopic (exact) mass is 418 g/mol. The number of amides is 1. The zero-order valence-corrected chi connectivity index (χ0v) is 18.6. The second kappa shape index (κ2) is 10.4. The fraction of sp³-hybridized carbons (Fsp3) is 0.652. The summed E-state index contributed by atoms with van der Waals surface area (Å²) in [5.74, 6) is -0.295. The van der Waals surface area contributed by atoms with Crippen LogP contribution in [0.5, 0.6) is 0 Å². The number of nitrogens with zero attached hydrogens (tertiary/aromatic N) is 4. The smallest absolute Gasteiger partial charge is 0.236 e. The minimum atomic E-state index is -0.359. The molecule has 0 unspecified atom stereocenters. The van der Waals surface area contributed by atoms with Crippen LogP contribution in [-0.2, 0) is 4.79 Å². The van der Waals surface area contributed by atoms with Crippen molar-refractivity contribution >= 4 is 17.4 Å². The first-order valence-corrected chi connectivity index (χ1v) is 11.2. The third-order valence-corrected chi connectivity index (χ3v) is 6.55. The van der Waals surface area contributed by atoms with Gasteiger partial charge in [0.2, 0.25) is 5.91 Å². The van der Waals surface area contributed by atoms with Crippen molar-refractivity contribution in [1.82, 2.24) is 14.7 Å². The fourth-order valence-corrected chi connectivity index (χ4v) is 4.56. The molecular weight excluding hydrogens is 383 g/mol. The normalized spacial score (nSPS) is 18.8. The molecule has 0 atom stereocenters. The van der Waals surface area contributed by atoms with Crippen LogP contribution < -0.4 is 4.90 Å². The van der Waals surface area contributed by atoms with Crippen molar-refractivity contribution in [2.45, 2.75) is 39.7 Å². The number of carbonyl (C=O) groups is 2. The molecule has 0 N–H and O–H groups in total. The van der Waals surface area contributed by atoms with Crippen molar-refractivity contribution in [2.75, 3.05) is 63.8 Å². The molecule has 1 aromatic carbocycles. The maximum Gasteiger partial charge on any atom is 0.236 e. The van der Waals surface area contributed by atoms with Gasteiger partial charge in [-0.25, -0.2) is 4.39 Å². The number of rotatable bonds is 7. The minimum absolute atomic E-state index is 0.135. The average Bonchev–Trinajstić information content (AvgIpc) is 2.75. The van der Waals surface area contributed by atoms with Crippen molar-refractivity contribution in [3.8, 4) is 0 Å². The van der Waals surface area contributed by atoms with Crippen LogP contribution in [-0.4, -0.2) is 91.3 Å². The highest BCUT2D eigenvalue weighted by Crippen LogP contribution is 2.22. The zero-order chi connectivity index (χ0) is 21.7. The summed E-state index contributed by atoms with van der Waals surface area (Å²) in [6.45, 7) is 12.7. The molecule has 1 aromatic rings. The van der Waals surface area contributed by atoms with Gasteiger partial charge in [-0.3, -0.25) is 19.4 Å². The highest BCUT2D eigenvalue weighted by atomic mass is 19.1. The number of piperazine rings is 2. The minimum Gasteiger partial charge on any atom is -0.367 e. The molecule has 166 valence electrons. The molecule has 0 spiro atoms. The van der Waals surface area contributed by atoms with E-state index in [0.29, 0.717) is 36.9 Å². The lowest BCUT2D eigenvalue weighted by Gasteiger charge is -2.40. The standard InChI is InChI=1S/C23H35FN4O2/c1-4-20(5-2)26-12-14-28(15-13-26)23(30)17-25-8-10-27(11-9-25)22-7-6-19(18(3)29)16-21(22)24/h6-7,16,20H,4-5,8-15,17H2,1-3H3. The van der Waals surface area contributed by atoms with Gasteiger partial charge in [0.15, 0.2) is 5.78 Å². The van der Waals surface area contributed by atoms with E-state index in [4.69, 9.17) is 0 Å². The molecule has 0 radical (unpaired) electrons. The third-order valence-electron chi connectivity index (χ3n) is 6.55. The molecule has 2 aliphatic heterocycles. The Balaban J connectivity index is 1.46. The van der Waals surface area contributed by atoms with Crippen LogP contribution in [0.25, 0.3) is 0 Å². The molecule has 6 nitrogen and oxygen atoms in total. The van der Waals surface area contributed by atoms with E-state index in [9.17, 15) is 14.0 Å². The van der Waals surface area contributed by atoms with Crippen LogP contribution in [0, 0.1) is 5.82 Å². The first-order valence-electron chi connectivity index (χ1n) is 11.2. The van der Waals surface area contributed by atoms with Gasteiger partial charge in [0.05, 0.1) is 12.2 Å². The summed E-state index contributed by atoms with van der Waals surface area (Å²) < 4.78 is 14.4. The van der Waals surface area contributed by atoms with Crippen molar-refractivity contribution in [2.24, 2.45) is 0 Å². The van der Waals surface area contributed by atoms with E-state index in [0.717, 1.165) is 52.1 Å². The molecule has 2 fully saturated rings. The number of halogens is 1. The lowest BCUT2D eigenvalue weighted by Crippen LogP contribution is -2.55. The van der Waals surface area contributed by atoms with E-state index in [1.165, 1.54) is 13.0 Å². The van der Waals surface area contributed by atoms with Crippen molar-refractivity contribution < 1.29 is 14.0 Å². The van der Waals surface area contributed by atoms with Gasteiger partial charge >= 0.3 is 0 Å². The predicted molar refractivity (Wildman–Crippen MR) is 118 cm³/mol.